The number of halogens is 1. The Morgan fingerprint density at radius 3 is 3.16 bits per heavy atom. The number of hydrogen-bond donors (Lipinski definition) is 2. The van der Waals surface area contributed by atoms with Gasteiger partial charge in [-0.15, -0.1) is 0 Å². The standard InChI is InChI=1S/C14H21FN2O2/c1-2-17-5-6-19-13(10-17)9-16-8-11-7-12(15)3-4-14(11)18/h3-4,7,13,16,18H,2,5-6,8-10H2,1H3. The van der Waals surface area contributed by atoms with Gasteiger partial charge in [0.05, 0.1) is 12.7 Å². The van der Waals surface area contributed by atoms with Crippen molar-refractivity contribution in [3.8, 4) is 5.75 Å². The molecule has 2 rings (SSSR count). The summed E-state index contributed by atoms with van der Waals surface area (Å²) in [6.45, 7) is 6.97. The Kier molecular flexibility index (Phi) is 5.13. The Morgan fingerprint density at radius 1 is 1.53 bits per heavy atom. The summed E-state index contributed by atoms with van der Waals surface area (Å²) in [5, 5.41) is 12.8. The first kappa shape index (κ1) is 14.2. The smallest absolute Gasteiger partial charge is 0.123 e. The van der Waals surface area contributed by atoms with Crippen LogP contribution in [0, 0.1) is 5.82 Å². The number of ether oxygens (including phenoxy) is 1. The first-order valence-electron chi connectivity index (χ1n) is 6.71. The fourth-order valence-corrected chi connectivity index (χ4v) is 2.25. The number of nitrogens with zero attached hydrogens (tertiary/aromatic N) is 1. The number of nitrogens with one attached hydrogen (secondary N) is 1. The molecular formula is C14H21FN2O2. The van der Waals surface area contributed by atoms with Gasteiger partial charge in [0.2, 0.25) is 0 Å². The highest BCUT2D eigenvalue weighted by atomic mass is 19.1. The number of rotatable bonds is 5. The molecule has 1 aliphatic rings. The molecule has 1 aromatic carbocycles. The highest BCUT2D eigenvalue weighted by molar-refractivity contribution is 5.32. The van der Waals surface area contributed by atoms with Gasteiger partial charge < -0.3 is 15.2 Å². The number of benzene rings is 1. The van der Waals surface area contributed by atoms with E-state index in [2.05, 4.69) is 17.1 Å². The molecule has 1 unspecified atom stereocenters. The van der Waals surface area contributed by atoms with Gasteiger partial charge in [0, 0.05) is 31.7 Å². The van der Waals surface area contributed by atoms with Crippen LogP contribution >= 0.6 is 0 Å². The van der Waals surface area contributed by atoms with Gasteiger partial charge in [0.15, 0.2) is 0 Å². The van der Waals surface area contributed by atoms with Gasteiger partial charge in [-0.05, 0) is 24.7 Å². The Balaban J connectivity index is 1.78. The van der Waals surface area contributed by atoms with Crippen LogP contribution in [0.4, 0.5) is 4.39 Å². The van der Waals surface area contributed by atoms with Crippen LogP contribution in [-0.4, -0.2) is 48.9 Å². The molecule has 1 aliphatic heterocycles. The molecule has 0 aliphatic carbocycles. The highest BCUT2D eigenvalue weighted by Gasteiger charge is 2.18. The zero-order valence-electron chi connectivity index (χ0n) is 11.2. The molecule has 1 aromatic rings. The van der Waals surface area contributed by atoms with E-state index < -0.39 is 0 Å². The average Bonchev–Trinajstić information content (AvgIpc) is 2.43. The minimum Gasteiger partial charge on any atom is -0.508 e. The summed E-state index contributed by atoms with van der Waals surface area (Å²) in [7, 11) is 0. The summed E-state index contributed by atoms with van der Waals surface area (Å²) in [5.74, 6) is -0.214. The maximum atomic E-state index is 13.1. The molecule has 1 atom stereocenters. The van der Waals surface area contributed by atoms with Crippen molar-refractivity contribution in [1.29, 1.82) is 0 Å². The second kappa shape index (κ2) is 6.84. The van der Waals surface area contributed by atoms with E-state index in [1.165, 1.54) is 18.2 Å². The number of likely N-dealkylation sites (N-methyl/N-ethyl adjacent to an activating group) is 1. The Bertz CT molecular complexity index is 414. The van der Waals surface area contributed by atoms with Crippen molar-refractivity contribution in [2.75, 3.05) is 32.8 Å². The van der Waals surface area contributed by atoms with Gasteiger partial charge in [-0.25, -0.2) is 4.39 Å². The Hall–Kier alpha value is -1.17. The van der Waals surface area contributed by atoms with Crippen molar-refractivity contribution in [1.82, 2.24) is 10.2 Å². The molecule has 0 amide bonds. The van der Waals surface area contributed by atoms with Crippen molar-refractivity contribution >= 4 is 0 Å². The van der Waals surface area contributed by atoms with Crippen LogP contribution in [0.2, 0.25) is 0 Å². The molecule has 0 spiro atoms. The highest BCUT2D eigenvalue weighted by Crippen LogP contribution is 2.17. The van der Waals surface area contributed by atoms with Crippen LogP contribution in [0.3, 0.4) is 0 Å². The normalized spacial score (nSPS) is 20.6. The van der Waals surface area contributed by atoms with Crippen LogP contribution in [0.25, 0.3) is 0 Å². The van der Waals surface area contributed by atoms with Crippen LogP contribution in [0.5, 0.6) is 5.75 Å². The molecule has 0 radical (unpaired) electrons. The van der Waals surface area contributed by atoms with E-state index in [1.807, 2.05) is 0 Å². The molecule has 0 aromatic heterocycles. The minimum atomic E-state index is -0.333. The summed E-state index contributed by atoms with van der Waals surface area (Å²) < 4.78 is 18.7. The fourth-order valence-electron chi connectivity index (χ4n) is 2.25. The van der Waals surface area contributed by atoms with Crippen LogP contribution < -0.4 is 5.32 Å². The lowest BCUT2D eigenvalue weighted by atomic mass is 10.2. The molecule has 1 fully saturated rings. The lowest BCUT2D eigenvalue weighted by Crippen LogP contribution is -2.46. The van der Waals surface area contributed by atoms with E-state index in [0.717, 1.165) is 26.2 Å². The molecular weight excluding hydrogens is 247 g/mol. The van der Waals surface area contributed by atoms with E-state index in [-0.39, 0.29) is 17.7 Å². The second-order valence-electron chi connectivity index (χ2n) is 4.79. The molecule has 106 valence electrons. The van der Waals surface area contributed by atoms with Gasteiger partial charge in [-0.2, -0.15) is 0 Å². The van der Waals surface area contributed by atoms with Crippen LogP contribution in [-0.2, 0) is 11.3 Å². The second-order valence-corrected chi connectivity index (χ2v) is 4.79. The van der Waals surface area contributed by atoms with Gasteiger partial charge >= 0.3 is 0 Å². The zero-order valence-corrected chi connectivity index (χ0v) is 11.2. The third kappa shape index (κ3) is 4.16. The largest absolute Gasteiger partial charge is 0.508 e. The predicted molar refractivity (Wildman–Crippen MR) is 71.6 cm³/mol. The molecule has 4 nitrogen and oxygen atoms in total. The molecule has 19 heavy (non-hydrogen) atoms. The SMILES string of the molecule is CCN1CCOC(CNCc2cc(F)ccc2O)C1. The topological polar surface area (TPSA) is 44.7 Å². The van der Waals surface area contributed by atoms with Crippen LogP contribution in [0.1, 0.15) is 12.5 Å². The monoisotopic (exact) mass is 268 g/mol. The maximum Gasteiger partial charge on any atom is 0.123 e. The maximum absolute atomic E-state index is 13.1. The quantitative estimate of drug-likeness (QED) is 0.846. The number of aromatic hydroxyl groups is 1. The van der Waals surface area contributed by atoms with Crippen molar-refractivity contribution in [3.05, 3.63) is 29.6 Å². The number of phenolic OH excluding ortho intramolecular Hbond substituents is 1. The van der Waals surface area contributed by atoms with Gasteiger partial charge in [-0.3, -0.25) is 4.90 Å². The average molecular weight is 268 g/mol. The van der Waals surface area contributed by atoms with Crippen molar-refractivity contribution in [2.24, 2.45) is 0 Å². The fraction of sp³-hybridized carbons (Fsp3) is 0.571. The lowest BCUT2D eigenvalue weighted by Gasteiger charge is -2.32. The minimum absolute atomic E-state index is 0.119. The molecule has 1 saturated heterocycles. The number of hydrogen-bond acceptors (Lipinski definition) is 4. The Labute approximate surface area is 113 Å². The molecule has 5 heteroatoms. The van der Waals surface area contributed by atoms with E-state index in [9.17, 15) is 9.50 Å². The van der Waals surface area contributed by atoms with Gasteiger partial charge in [0.1, 0.15) is 11.6 Å². The predicted octanol–water partition coefficient (Wildman–Crippen LogP) is 1.34. The third-order valence-corrected chi connectivity index (χ3v) is 3.40. The first-order valence-corrected chi connectivity index (χ1v) is 6.71. The number of morpholine rings is 1. The summed E-state index contributed by atoms with van der Waals surface area (Å²) in [6.07, 6.45) is 0.157. The lowest BCUT2D eigenvalue weighted by molar-refractivity contribution is -0.0253. The summed E-state index contributed by atoms with van der Waals surface area (Å²) in [6, 6.07) is 3.98. The van der Waals surface area contributed by atoms with Crippen molar-refractivity contribution in [3.63, 3.8) is 0 Å². The van der Waals surface area contributed by atoms with E-state index >= 15 is 0 Å². The van der Waals surface area contributed by atoms with E-state index in [4.69, 9.17) is 4.74 Å². The summed E-state index contributed by atoms with van der Waals surface area (Å²) in [4.78, 5) is 2.34. The molecule has 0 bridgehead atoms. The van der Waals surface area contributed by atoms with Crippen LogP contribution in [0.15, 0.2) is 18.2 Å². The van der Waals surface area contributed by atoms with Gasteiger partial charge in [0.25, 0.3) is 0 Å². The van der Waals surface area contributed by atoms with E-state index in [0.29, 0.717) is 18.7 Å². The van der Waals surface area contributed by atoms with Crippen molar-refractivity contribution in [2.45, 2.75) is 19.6 Å². The van der Waals surface area contributed by atoms with Crippen molar-refractivity contribution < 1.29 is 14.2 Å². The zero-order chi connectivity index (χ0) is 13.7. The first-order chi connectivity index (χ1) is 9.19. The molecule has 1 heterocycles. The van der Waals surface area contributed by atoms with Gasteiger partial charge in [-0.1, -0.05) is 6.92 Å². The van der Waals surface area contributed by atoms with E-state index in [1.54, 1.807) is 0 Å². The summed E-state index contributed by atoms with van der Waals surface area (Å²) in [5.41, 5.74) is 0.572. The molecule has 0 saturated carbocycles. The number of phenols is 1. The third-order valence-electron chi connectivity index (χ3n) is 3.40. The molecule has 2 N–H and O–H groups in total. The summed E-state index contributed by atoms with van der Waals surface area (Å²) >= 11 is 0. The Morgan fingerprint density at radius 2 is 2.37 bits per heavy atom.